The second kappa shape index (κ2) is 9.03. The van der Waals surface area contributed by atoms with Gasteiger partial charge in [-0.2, -0.15) is 0 Å². The summed E-state index contributed by atoms with van der Waals surface area (Å²) in [4.78, 5) is 0. The Morgan fingerprint density at radius 2 is 2.00 bits per heavy atom. The van der Waals surface area contributed by atoms with Crippen molar-refractivity contribution in [2.45, 2.75) is 13.3 Å². The zero-order valence-electron chi connectivity index (χ0n) is 3.86. The summed E-state index contributed by atoms with van der Waals surface area (Å²) in [5, 5.41) is 0. The predicted octanol–water partition coefficient (Wildman–Crippen LogP) is 0.967. The minimum Gasteiger partial charge on any atom is -0.326 e. The highest BCUT2D eigenvalue weighted by atomic mass is 14.5. The van der Waals surface area contributed by atoms with Crippen LogP contribution in [0.5, 0.6) is 0 Å². The van der Waals surface area contributed by atoms with E-state index in [0.717, 1.165) is 6.42 Å². The molecular weight excluding hydrogens is 62.1 g/mol. The van der Waals surface area contributed by atoms with E-state index in [0.29, 0.717) is 0 Å². The van der Waals surface area contributed by atoms with E-state index in [1.54, 1.807) is 6.54 Å². The molecule has 0 aromatic heterocycles. The molecule has 0 saturated carbocycles. The lowest BCUT2D eigenvalue weighted by Crippen LogP contribution is -1.83. The van der Waals surface area contributed by atoms with Gasteiger partial charge in [-0.15, -0.1) is 0 Å². The molecule has 0 aromatic rings. The molecule has 5 heavy (non-hydrogen) atoms. The quantitative estimate of drug-likeness (QED) is 0.491. The van der Waals surface area contributed by atoms with Crippen molar-refractivity contribution in [1.29, 1.82) is 0 Å². The molecule has 0 spiro atoms. The summed E-state index contributed by atoms with van der Waals surface area (Å²) in [6.07, 6.45) is 0.972. The van der Waals surface area contributed by atoms with Gasteiger partial charge in [0.1, 0.15) is 0 Å². The van der Waals surface area contributed by atoms with E-state index in [1.807, 2.05) is 6.92 Å². The molecule has 0 saturated heterocycles. The van der Waals surface area contributed by atoms with Gasteiger partial charge >= 0.3 is 0 Å². The molecule has 1 heteroatoms. The van der Waals surface area contributed by atoms with Crippen molar-refractivity contribution in [3.63, 3.8) is 0 Å². The number of hydrogen-bond donors (Lipinski definition) is 1. The molecule has 0 aliphatic heterocycles. The minimum atomic E-state index is 0. The molecule has 0 atom stereocenters. The molecule has 0 bridgehead atoms. The van der Waals surface area contributed by atoms with Crippen molar-refractivity contribution in [3.8, 4) is 0 Å². The van der Waals surface area contributed by atoms with Crippen LogP contribution in [0.3, 0.4) is 0 Å². The summed E-state index contributed by atoms with van der Waals surface area (Å²) in [5.41, 5.74) is 4.90. The van der Waals surface area contributed by atoms with Gasteiger partial charge in [-0.25, -0.2) is 0 Å². The van der Waals surface area contributed by atoms with Gasteiger partial charge in [0.2, 0.25) is 0 Å². The first kappa shape index (κ1) is 8.88. The Bertz CT molecular complexity index is 5.61. The van der Waals surface area contributed by atoms with E-state index in [4.69, 9.17) is 5.73 Å². The van der Waals surface area contributed by atoms with Crippen molar-refractivity contribution < 1.29 is 0 Å². The van der Waals surface area contributed by atoms with Gasteiger partial charge in [-0.1, -0.05) is 14.4 Å². The topological polar surface area (TPSA) is 26.0 Å². The van der Waals surface area contributed by atoms with Crippen LogP contribution in [0.15, 0.2) is 0 Å². The van der Waals surface area contributed by atoms with E-state index in [2.05, 4.69) is 0 Å². The molecule has 0 rings (SSSR count). The Morgan fingerprint density at radius 3 is 2.00 bits per heavy atom. The van der Waals surface area contributed by atoms with Gasteiger partial charge in [0, 0.05) is 6.54 Å². The Balaban J connectivity index is 0. The second-order valence-corrected chi connectivity index (χ2v) is 0.644. The number of rotatable bonds is 1. The van der Waals surface area contributed by atoms with E-state index < -0.39 is 0 Å². The van der Waals surface area contributed by atoms with Gasteiger partial charge in [0.25, 0.3) is 0 Å². The Morgan fingerprint density at radius 1 is 1.80 bits per heavy atom. The standard InChI is InChI=1S/C3H8N.CH3/c1-2-3-4;/h3H,2,4H2,1H3;1H3. The van der Waals surface area contributed by atoms with Crippen molar-refractivity contribution in [1.82, 2.24) is 0 Å². The largest absolute Gasteiger partial charge is 0.326 e. The maximum Gasteiger partial charge on any atom is 0.0189 e. The third-order valence-corrected chi connectivity index (χ3v) is 0.236. The van der Waals surface area contributed by atoms with Crippen molar-refractivity contribution >= 4 is 0 Å². The zero-order chi connectivity index (χ0) is 3.41. The molecule has 2 radical (unpaired) electrons. The molecule has 1 nitrogen and oxygen atoms in total. The Hall–Kier alpha value is -0.0400. The highest BCUT2D eigenvalue weighted by Gasteiger charge is 1.56. The summed E-state index contributed by atoms with van der Waals surface area (Å²) >= 11 is 0. The van der Waals surface area contributed by atoms with Crippen LogP contribution in [0.25, 0.3) is 0 Å². The summed E-state index contributed by atoms with van der Waals surface area (Å²) in [6, 6.07) is 0. The summed E-state index contributed by atoms with van der Waals surface area (Å²) in [6.45, 7) is 3.62. The zero-order valence-corrected chi connectivity index (χ0v) is 3.86. The number of hydrogen-bond acceptors (Lipinski definition) is 1. The third kappa shape index (κ3) is 16.5. The molecule has 2 N–H and O–H groups in total. The van der Waals surface area contributed by atoms with Gasteiger partial charge in [-0.05, 0) is 6.42 Å². The minimum absolute atomic E-state index is 0. The SMILES string of the molecule is CC[CH]N.[CH3]. The molecule has 0 amide bonds. The van der Waals surface area contributed by atoms with Crippen LogP contribution in [0.4, 0.5) is 0 Å². The van der Waals surface area contributed by atoms with Crippen LogP contribution in [-0.4, -0.2) is 0 Å². The first-order valence-corrected chi connectivity index (χ1v) is 1.45. The maximum absolute atomic E-state index is 4.90. The van der Waals surface area contributed by atoms with Crippen LogP contribution < -0.4 is 5.73 Å². The predicted molar refractivity (Wildman–Crippen MR) is 25.2 cm³/mol. The highest BCUT2D eigenvalue weighted by Crippen LogP contribution is 1.65. The fraction of sp³-hybridized carbons (Fsp3) is 0.500. The lowest BCUT2D eigenvalue weighted by atomic mass is 10.5. The maximum atomic E-state index is 4.90. The highest BCUT2D eigenvalue weighted by molar-refractivity contribution is 4.42. The average Bonchev–Trinajstić information content (AvgIpc) is 1.37. The van der Waals surface area contributed by atoms with Crippen LogP contribution >= 0.6 is 0 Å². The first-order valence-electron chi connectivity index (χ1n) is 1.45. The lowest BCUT2D eigenvalue weighted by molar-refractivity contribution is 1.06. The van der Waals surface area contributed by atoms with Gasteiger partial charge in [-0.3, -0.25) is 0 Å². The van der Waals surface area contributed by atoms with E-state index in [1.165, 1.54) is 0 Å². The molecule has 32 valence electrons. The first-order chi connectivity index (χ1) is 1.91. The average molecular weight is 73.1 g/mol. The smallest absolute Gasteiger partial charge is 0.0189 e. The van der Waals surface area contributed by atoms with Crippen molar-refractivity contribution in [2.75, 3.05) is 0 Å². The third-order valence-electron chi connectivity index (χ3n) is 0.236. The van der Waals surface area contributed by atoms with E-state index in [9.17, 15) is 0 Å². The van der Waals surface area contributed by atoms with Gasteiger partial charge in [0.15, 0.2) is 0 Å². The second-order valence-electron chi connectivity index (χ2n) is 0.644. The van der Waals surface area contributed by atoms with Crippen molar-refractivity contribution in [3.05, 3.63) is 14.0 Å². The molecule has 0 unspecified atom stereocenters. The van der Waals surface area contributed by atoms with Crippen LogP contribution in [-0.2, 0) is 0 Å². The monoisotopic (exact) mass is 73.1 g/mol. The van der Waals surface area contributed by atoms with Crippen LogP contribution in [0.2, 0.25) is 0 Å². The molecule has 0 aliphatic carbocycles. The van der Waals surface area contributed by atoms with Gasteiger partial charge in [0.05, 0.1) is 0 Å². The Labute approximate surface area is 34.2 Å². The fourth-order valence-electron chi connectivity index (χ4n) is 0. The fourth-order valence-corrected chi connectivity index (χ4v) is 0. The molecule has 0 fully saturated rings. The molecule has 0 aliphatic rings. The van der Waals surface area contributed by atoms with Crippen molar-refractivity contribution in [2.24, 2.45) is 5.73 Å². The lowest BCUT2D eigenvalue weighted by Gasteiger charge is -1.69. The van der Waals surface area contributed by atoms with Gasteiger partial charge < -0.3 is 5.73 Å². The summed E-state index contributed by atoms with van der Waals surface area (Å²) in [5.74, 6) is 0. The molecular formula is C4H11N. The van der Waals surface area contributed by atoms with E-state index in [-0.39, 0.29) is 7.43 Å². The summed E-state index contributed by atoms with van der Waals surface area (Å²) in [7, 11) is 0. The van der Waals surface area contributed by atoms with Crippen LogP contribution in [0.1, 0.15) is 13.3 Å². The Kier molecular flexibility index (Phi) is 16.0. The number of nitrogens with two attached hydrogens (primary N) is 1. The van der Waals surface area contributed by atoms with Crippen LogP contribution in [0, 0.1) is 14.0 Å². The molecule has 0 aromatic carbocycles. The normalized spacial score (nSPS) is 6.00. The molecule has 0 heterocycles. The van der Waals surface area contributed by atoms with E-state index >= 15 is 0 Å². The summed E-state index contributed by atoms with van der Waals surface area (Å²) < 4.78 is 0.